The zero-order valence-electron chi connectivity index (χ0n) is 17.6. The summed E-state index contributed by atoms with van der Waals surface area (Å²) in [6.45, 7) is 8.05. The van der Waals surface area contributed by atoms with Crippen molar-refractivity contribution in [3.8, 4) is 0 Å². The molecule has 0 bridgehead atoms. The minimum Gasteiger partial charge on any atom is -0.395 e. The molecule has 2 aliphatic rings. The zero-order valence-corrected chi connectivity index (χ0v) is 18.5. The summed E-state index contributed by atoms with van der Waals surface area (Å²) < 4.78 is 28.2. The van der Waals surface area contributed by atoms with Gasteiger partial charge in [0.1, 0.15) is 5.84 Å². The summed E-state index contributed by atoms with van der Waals surface area (Å²) >= 11 is 0. The number of hydrogen-bond acceptors (Lipinski definition) is 6. The van der Waals surface area contributed by atoms with Gasteiger partial charge in [-0.2, -0.15) is 0 Å². The topological polar surface area (TPSA) is 111 Å². The highest BCUT2D eigenvalue weighted by Gasteiger charge is 2.38. The van der Waals surface area contributed by atoms with Crippen molar-refractivity contribution in [3.63, 3.8) is 0 Å². The standard InChI is InChI=1S/C21H28N4O4S/c1-14(27)22-15-5-8-17(9-6-15)30(28,29)24-16-7-10-19-18(13-16)23-20(21(2,3)4)25(19)11-12-26/h5-10,18,24,26H,11-13H2,1-4H3,(H,22,27). The van der Waals surface area contributed by atoms with E-state index in [1.807, 2.05) is 11.0 Å². The number of aliphatic hydroxyl groups is 1. The van der Waals surface area contributed by atoms with Gasteiger partial charge in [-0.25, -0.2) is 8.42 Å². The molecule has 3 rings (SSSR count). The van der Waals surface area contributed by atoms with Crippen molar-refractivity contribution in [2.75, 3.05) is 18.5 Å². The van der Waals surface area contributed by atoms with Crippen LogP contribution in [-0.2, 0) is 14.8 Å². The van der Waals surface area contributed by atoms with E-state index in [0.717, 1.165) is 11.5 Å². The Bertz CT molecular complexity index is 1020. The fourth-order valence-electron chi connectivity index (χ4n) is 3.56. The number of nitrogens with one attached hydrogen (secondary N) is 2. The van der Waals surface area contributed by atoms with Crippen LogP contribution in [-0.4, -0.2) is 49.4 Å². The Labute approximate surface area is 177 Å². The summed E-state index contributed by atoms with van der Waals surface area (Å²) in [6.07, 6.45) is 4.04. The maximum Gasteiger partial charge on any atom is 0.261 e. The molecular formula is C21H28N4O4S. The lowest BCUT2D eigenvalue weighted by atomic mass is 9.94. The number of carbonyl (C=O) groups excluding carboxylic acids is 1. The predicted octanol–water partition coefficient (Wildman–Crippen LogP) is 2.22. The van der Waals surface area contributed by atoms with Crippen molar-refractivity contribution < 1.29 is 18.3 Å². The highest BCUT2D eigenvalue weighted by atomic mass is 32.2. The molecule has 1 unspecified atom stereocenters. The molecule has 0 aromatic heterocycles. The summed E-state index contributed by atoms with van der Waals surface area (Å²) in [5.74, 6) is 0.666. The number of aliphatic hydroxyl groups excluding tert-OH is 1. The smallest absolute Gasteiger partial charge is 0.261 e. The lowest BCUT2D eigenvalue weighted by molar-refractivity contribution is -0.114. The Morgan fingerprint density at radius 3 is 2.47 bits per heavy atom. The molecule has 0 saturated carbocycles. The molecule has 8 nitrogen and oxygen atoms in total. The van der Waals surface area contributed by atoms with Crippen LogP contribution in [0.4, 0.5) is 5.69 Å². The Hall–Kier alpha value is -2.65. The third-order valence-electron chi connectivity index (χ3n) is 4.80. The molecule has 1 aromatic carbocycles. The van der Waals surface area contributed by atoms with Crippen LogP contribution in [0.25, 0.3) is 0 Å². The van der Waals surface area contributed by atoms with E-state index in [1.54, 1.807) is 18.2 Å². The molecule has 1 aliphatic carbocycles. The highest BCUT2D eigenvalue weighted by molar-refractivity contribution is 7.89. The molecule has 1 amide bonds. The van der Waals surface area contributed by atoms with Crippen molar-refractivity contribution >= 4 is 27.5 Å². The number of fused-ring (bicyclic) bond motifs is 1. The zero-order chi connectivity index (χ0) is 22.1. The third kappa shape index (κ3) is 4.73. The minimum absolute atomic E-state index is 0.0108. The van der Waals surface area contributed by atoms with Gasteiger partial charge in [0.25, 0.3) is 10.0 Å². The molecule has 1 aromatic rings. The Morgan fingerprint density at radius 1 is 1.23 bits per heavy atom. The van der Waals surface area contributed by atoms with Gasteiger partial charge >= 0.3 is 0 Å². The number of aliphatic imine (C=N–C) groups is 1. The van der Waals surface area contributed by atoms with E-state index in [4.69, 9.17) is 4.99 Å². The van der Waals surface area contributed by atoms with E-state index < -0.39 is 10.0 Å². The van der Waals surface area contributed by atoms with Crippen LogP contribution < -0.4 is 10.0 Å². The maximum absolute atomic E-state index is 12.8. The number of sulfonamides is 1. The van der Waals surface area contributed by atoms with Crippen LogP contribution in [0.3, 0.4) is 0 Å². The second-order valence-electron chi connectivity index (χ2n) is 8.39. The average molecular weight is 433 g/mol. The normalized spacial score (nSPS) is 18.9. The Kier molecular flexibility index (Phi) is 6.05. The van der Waals surface area contributed by atoms with Gasteiger partial charge in [-0.15, -0.1) is 0 Å². The predicted molar refractivity (Wildman–Crippen MR) is 116 cm³/mol. The molecule has 0 radical (unpaired) electrons. The molecule has 1 heterocycles. The fraction of sp³-hybridized carbons (Fsp3) is 0.429. The number of rotatable bonds is 6. The Morgan fingerprint density at radius 2 is 1.90 bits per heavy atom. The third-order valence-corrected chi connectivity index (χ3v) is 6.22. The highest BCUT2D eigenvalue weighted by Crippen LogP contribution is 2.35. The molecule has 30 heavy (non-hydrogen) atoms. The number of β-amino-alcohol motifs (C(OH)–C–C–N with tert-alkyl or cyclic N) is 1. The summed E-state index contributed by atoms with van der Waals surface area (Å²) in [5, 5.41) is 12.1. The van der Waals surface area contributed by atoms with Crippen LogP contribution in [0.15, 0.2) is 57.7 Å². The first-order chi connectivity index (χ1) is 14.0. The largest absolute Gasteiger partial charge is 0.395 e. The fourth-order valence-corrected chi connectivity index (χ4v) is 4.67. The quantitative estimate of drug-likeness (QED) is 0.638. The molecule has 9 heteroatoms. The number of nitrogens with zero attached hydrogens (tertiary/aromatic N) is 2. The van der Waals surface area contributed by atoms with Gasteiger partial charge in [0, 0.05) is 42.4 Å². The van der Waals surface area contributed by atoms with E-state index in [1.165, 1.54) is 19.1 Å². The number of carbonyl (C=O) groups is 1. The van der Waals surface area contributed by atoms with Crippen LogP contribution >= 0.6 is 0 Å². The first-order valence-electron chi connectivity index (χ1n) is 9.79. The van der Waals surface area contributed by atoms with Crippen LogP contribution in [0.5, 0.6) is 0 Å². The van der Waals surface area contributed by atoms with E-state index in [9.17, 15) is 18.3 Å². The van der Waals surface area contributed by atoms with Crippen molar-refractivity contribution in [2.45, 2.75) is 45.1 Å². The second-order valence-corrected chi connectivity index (χ2v) is 10.1. The number of anilines is 1. The molecule has 1 atom stereocenters. The average Bonchev–Trinajstić information content (AvgIpc) is 3.00. The summed E-state index contributed by atoms with van der Waals surface area (Å²) in [4.78, 5) is 18.1. The molecule has 0 spiro atoms. The summed E-state index contributed by atoms with van der Waals surface area (Å²) in [5.41, 5.74) is 1.86. The number of amides is 1. The van der Waals surface area contributed by atoms with Crippen molar-refractivity contribution in [1.29, 1.82) is 0 Å². The van der Waals surface area contributed by atoms with E-state index in [-0.39, 0.29) is 28.9 Å². The molecular weight excluding hydrogens is 404 g/mol. The number of hydrogen-bond donors (Lipinski definition) is 3. The first kappa shape index (κ1) is 22.0. The van der Waals surface area contributed by atoms with Crippen molar-refractivity contribution in [2.24, 2.45) is 10.4 Å². The molecule has 0 fully saturated rings. The van der Waals surface area contributed by atoms with Gasteiger partial charge in [-0.05, 0) is 36.4 Å². The molecule has 0 saturated heterocycles. The monoisotopic (exact) mass is 432 g/mol. The van der Waals surface area contributed by atoms with Gasteiger partial charge in [0.15, 0.2) is 0 Å². The van der Waals surface area contributed by atoms with E-state index in [2.05, 4.69) is 30.8 Å². The van der Waals surface area contributed by atoms with Crippen molar-refractivity contribution in [1.82, 2.24) is 9.62 Å². The van der Waals surface area contributed by atoms with Gasteiger partial charge in [-0.3, -0.25) is 14.5 Å². The Balaban J connectivity index is 1.79. The summed E-state index contributed by atoms with van der Waals surface area (Å²) in [6, 6.07) is 5.81. The number of amidine groups is 1. The number of allylic oxidation sites excluding steroid dienone is 2. The summed E-state index contributed by atoms with van der Waals surface area (Å²) in [7, 11) is -3.76. The second kappa shape index (κ2) is 8.23. The van der Waals surface area contributed by atoms with Crippen LogP contribution in [0.2, 0.25) is 0 Å². The van der Waals surface area contributed by atoms with Crippen LogP contribution in [0, 0.1) is 5.41 Å². The van der Waals surface area contributed by atoms with Crippen LogP contribution in [0.1, 0.15) is 34.1 Å². The van der Waals surface area contributed by atoms with Gasteiger partial charge in [0.05, 0.1) is 17.5 Å². The molecule has 3 N–H and O–H groups in total. The van der Waals surface area contributed by atoms with Gasteiger partial charge < -0.3 is 15.3 Å². The lowest BCUT2D eigenvalue weighted by Crippen LogP contribution is -2.38. The van der Waals surface area contributed by atoms with E-state index >= 15 is 0 Å². The van der Waals surface area contributed by atoms with Crippen molar-refractivity contribution in [3.05, 3.63) is 47.8 Å². The SMILES string of the molecule is CC(=O)Nc1ccc(S(=O)(=O)NC2=CC=C3C(C2)N=C(C(C)(C)C)N3CCO)cc1. The van der Waals surface area contributed by atoms with E-state index in [0.29, 0.717) is 24.4 Å². The number of benzene rings is 1. The minimum atomic E-state index is -3.76. The molecule has 162 valence electrons. The molecule has 1 aliphatic heterocycles. The lowest BCUT2D eigenvalue weighted by Gasteiger charge is -2.30. The maximum atomic E-state index is 12.8. The first-order valence-corrected chi connectivity index (χ1v) is 11.3. The van der Waals surface area contributed by atoms with Gasteiger partial charge in [-0.1, -0.05) is 20.8 Å². The van der Waals surface area contributed by atoms with Gasteiger partial charge in [0.2, 0.25) is 5.91 Å².